The van der Waals surface area contributed by atoms with Crippen molar-refractivity contribution in [1.29, 1.82) is 0 Å². The maximum absolute atomic E-state index is 13.4. The Kier molecular flexibility index (Phi) is 5.08. The SMILES string of the molecule is Cn1cnc(C2CC3CC(c4ncn(C)c4C(=O)Nc4ccc(F)c(Cl)c4)CC3C2)c1. The normalized spacial score (nSPS) is 25.0. The molecular formula is C23H25ClFN5O. The lowest BCUT2D eigenvalue weighted by Crippen LogP contribution is -2.18. The quantitative estimate of drug-likeness (QED) is 0.627. The Morgan fingerprint density at radius 3 is 2.45 bits per heavy atom. The fourth-order valence-corrected chi connectivity index (χ4v) is 5.69. The molecule has 2 aliphatic carbocycles. The molecule has 2 atom stereocenters. The predicted octanol–water partition coefficient (Wildman–Crippen LogP) is 4.89. The van der Waals surface area contributed by atoms with Gasteiger partial charge in [0.2, 0.25) is 0 Å². The summed E-state index contributed by atoms with van der Waals surface area (Å²) in [6.07, 6.45) is 10.1. The third-order valence-corrected chi connectivity index (χ3v) is 7.19. The summed E-state index contributed by atoms with van der Waals surface area (Å²) in [4.78, 5) is 22.2. The van der Waals surface area contributed by atoms with Crippen LogP contribution in [0.2, 0.25) is 5.02 Å². The maximum atomic E-state index is 13.4. The molecule has 0 spiro atoms. The molecule has 2 aliphatic rings. The van der Waals surface area contributed by atoms with Gasteiger partial charge in [-0.05, 0) is 55.7 Å². The zero-order valence-corrected chi connectivity index (χ0v) is 18.3. The molecule has 2 heterocycles. The third kappa shape index (κ3) is 3.76. The molecule has 0 bridgehead atoms. The molecular weight excluding hydrogens is 417 g/mol. The average Bonchev–Trinajstić information content (AvgIpc) is 3.47. The summed E-state index contributed by atoms with van der Waals surface area (Å²) in [5.74, 6) is 1.34. The van der Waals surface area contributed by atoms with E-state index in [1.54, 1.807) is 10.9 Å². The van der Waals surface area contributed by atoms with Gasteiger partial charge >= 0.3 is 0 Å². The molecule has 1 aromatic carbocycles. The second-order valence-corrected chi connectivity index (χ2v) is 9.40. The zero-order chi connectivity index (χ0) is 21.7. The van der Waals surface area contributed by atoms with Crippen molar-refractivity contribution in [2.75, 3.05) is 5.32 Å². The molecule has 8 heteroatoms. The number of carbonyl (C=O) groups excluding carboxylic acids is 1. The van der Waals surface area contributed by atoms with Crippen LogP contribution in [0.15, 0.2) is 37.1 Å². The molecule has 3 aromatic rings. The summed E-state index contributed by atoms with van der Waals surface area (Å²) in [5, 5.41) is 2.82. The van der Waals surface area contributed by atoms with Crippen LogP contribution in [0, 0.1) is 17.7 Å². The van der Waals surface area contributed by atoms with Crippen molar-refractivity contribution in [2.45, 2.75) is 37.5 Å². The predicted molar refractivity (Wildman–Crippen MR) is 117 cm³/mol. The molecule has 1 N–H and O–H groups in total. The Morgan fingerprint density at radius 2 is 1.81 bits per heavy atom. The number of carbonyl (C=O) groups is 1. The van der Waals surface area contributed by atoms with Gasteiger partial charge in [-0.3, -0.25) is 4.79 Å². The summed E-state index contributed by atoms with van der Waals surface area (Å²) in [6.45, 7) is 0. The fraction of sp³-hybridized carbons (Fsp3) is 0.435. The van der Waals surface area contributed by atoms with E-state index < -0.39 is 5.82 Å². The van der Waals surface area contributed by atoms with E-state index >= 15 is 0 Å². The highest BCUT2D eigenvalue weighted by Gasteiger charge is 2.44. The van der Waals surface area contributed by atoms with E-state index in [1.807, 2.05) is 25.0 Å². The second kappa shape index (κ2) is 7.79. The van der Waals surface area contributed by atoms with Crippen LogP contribution < -0.4 is 5.32 Å². The van der Waals surface area contributed by atoms with Crippen LogP contribution in [0.25, 0.3) is 0 Å². The molecule has 6 nitrogen and oxygen atoms in total. The van der Waals surface area contributed by atoms with Crippen molar-refractivity contribution in [3.8, 4) is 0 Å². The number of benzene rings is 1. The molecule has 0 radical (unpaired) electrons. The number of aryl methyl sites for hydroxylation is 2. The Morgan fingerprint density at radius 1 is 1.10 bits per heavy atom. The minimum Gasteiger partial charge on any atom is -0.340 e. The average molecular weight is 442 g/mol. The van der Waals surface area contributed by atoms with Crippen LogP contribution in [-0.2, 0) is 14.1 Å². The van der Waals surface area contributed by atoms with E-state index in [0.717, 1.165) is 31.4 Å². The highest BCUT2D eigenvalue weighted by atomic mass is 35.5. The monoisotopic (exact) mass is 441 g/mol. The Hall–Kier alpha value is -2.67. The van der Waals surface area contributed by atoms with E-state index in [1.165, 1.54) is 23.9 Å². The number of imidazole rings is 2. The highest BCUT2D eigenvalue weighted by molar-refractivity contribution is 6.31. The molecule has 0 aliphatic heterocycles. The van der Waals surface area contributed by atoms with Crippen molar-refractivity contribution in [2.24, 2.45) is 25.9 Å². The smallest absolute Gasteiger partial charge is 0.274 e. The van der Waals surface area contributed by atoms with Gasteiger partial charge in [0.05, 0.1) is 29.1 Å². The number of hydrogen-bond donors (Lipinski definition) is 1. The lowest BCUT2D eigenvalue weighted by molar-refractivity contribution is 0.101. The number of nitrogens with zero attached hydrogens (tertiary/aromatic N) is 4. The summed E-state index contributed by atoms with van der Waals surface area (Å²) >= 11 is 5.85. The topological polar surface area (TPSA) is 64.7 Å². The Bertz CT molecular complexity index is 1120. The van der Waals surface area contributed by atoms with Crippen LogP contribution in [0.5, 0.6) is 0 Å². The first-order valence-electron chi connectivity index (χ1n) is 10.6. The molecule has 0 saturated heterocycles. The van der Waals surface area contributed by atoms with Crippen molar-refractivity contribution < 1.29 is 9.18 Å². The van der Waals surface area contributed by atoms with E-state index in [4.69, 9.17) is 11.6 Å². The first kappa shape index (κ1) is 20.2. The van der Waals surface area contributed by atoms with Crippen LogP contribution in [0.1, 0.15) is 59.4 Å². The van der Waals surface area contributed by atoms with Gasteiger partial charge in [-0.1, -0.05) is 11.6 Å². The van der Waals surface area contributed by atoms with E-state index in [0.29, 0.717) is 29.1 Å². The molecule has 162 valence electrons. The van der Waals surface area contributed by atoms with Crippen molar-refractivity contribution >= 4 is 23.2 Å². The minimum atomic E-state index is -0.512. The molecule has 5 rings (SSSR count). The van der Waals surface area contributed by atoms with Crippen molar-refractivity contribution in [3.05, 3.63) is 65.0 Å². The first-order chi connectivity index (χ1) is 14.9. The summed E-state index contributed by atoms with van der Waals surface area (Å²) in [6, 6.07) is 4.17. The standard InChI is InChI=1S/C23H25ClFN5O/c1-29-10-20(26-11-29)15-5-13-7-16(8-14(13)6-15)21-22(30(2)12-27-21)23(31)28-17-3-4-19(25)18(24)9-17/h3-4,9-16H,5-8H2,1-2H3,(H,28,31). The molecule has 2 fully saturated rings. The summed E-state index contributed by atoms with van der Waals surface area (Å²) in [5.41, 5.74) is 3.08. The van der Waals surface area contributed by atoms with Gasteiger partial charge in [-0.2, -0.15) is 0 Å². The zero-order valence-electron chi connectivity index (χ0n) is 17.6. The lowest BCUT2D eigenvalue weighted by Gasteiger charge is -2.15. The number of anilines is 1. The van der Waals surface area contributed by atoms with Crippen LogP contribution >= 0.6 is 11.6 Å². The largest absolute Gasteiger partial charge is 0.340 e. The number of halogens is 2. The van der Waals surface area contributed by atoms with E-state index in [9.17, 15) is 9.18 Å². The molecule has 2 unspecified atom stereocenters. The number of fused-ring (bicyclic) bond motifs is 1. The number of rotatable bonds is 4. The molecule has 31 heavy (non-hydrogen) atoms. The van der Waals surface area contributed by atoms with Gasteiger partial charge in [0.25, 0.3) is 5.91 Å². The van der Waals surface area contributed by atoms with Gasteiger partial charge in [0.1, 0.15) is 11.5 Å². The second-order valence-electron chi connectivity index (χ2n) is 8.99. The summed E-state index contributed by atoms with van der Waals surface area (Å²) < 4.78 is 17.2. The molecule has 1 amide bonds. The first-order valence-corrected chi connectivity index (χ1v) is 11.0. The molecule has 2 aromatic heterocycles. The van der Waals surface area contributed by atoms with E-state index in [-0.39, 0.29) is 16.8 Å². The van der Waals surface area contributed by atoms with Crippen LogP contribution in [0.3, 0.4) is 0 Å². The van der Waals surface area contributed by atoms with Crippen LogP contribution in [-0.4, -0.2) is 25.0 Å². The molecule has 2 saturated carbocycles. The van der Waals surface area contributed by atoms with Crippen molar-refractivity contribution in [3.63, 3.8) is 0 Å². The van der Waals surface area contributed by atoms with Crippen molar-refractivity contribution in [1.82, 2.24) is 19.1 Å². The van der Waals surface area contributed by atoms with Gasteiger partial charge in [-0.15, -0.1) is 0 Å². The number of amides is 1. The Balaban J connectivity index is 1.30. The van der Waals surface area contributed by atoms with Gasteiger partial charge < -0.3 is 14.5 Å². The Labute approximate surface area is 185 Å². The number of nitrogens with one attached hydrogen (secondary N) is 1. The highest BCUT2D eigenvalue weighted by Crippen LogP contribution is 2.54. The maximum Gasteiger partial charge on any atom is 0.274 e. The van der Waals surface area contributed by atoms with E-state index in [2.05, 4.69) is 21.5 Å². The third-order valence-electron chi connectivity index (χ3n) is 6.90. The summed E-state index contributed by atoms with van der Waals surface area (Å²) in [7, 11) is 3.84. The van der Waals surface area contributed by atoms with Gasteiger partial charge in [-0.25, -0.2) is 14.4 Å². The fourth-order valence-electron chi connectivity index (χ4n) is 5.51. The van der Waals surface area contributed by atoms with Crippen LogP contribution in [0.4, 0.5) is 10.1 Å². The minimum absolute atomic E-state index is 0.0193. The lowest BCUT2D eigenvalue weighted by atomic mass is 9.93. The van der Waals surface area contributed by atoms with Gasteiger partial charge in [0.15, 0.2) is 0 Å². The van der Waals surface area contributed by atoms with Gasteiger partial charge in [0, 0.05) is 37.8 Å². The number of aromatic nitrogens is 4. The number of hydrogen-bond acceptors (Lipinski definition) is 3.